The van der Waals surface area contributed by atoms with Gasteiger partial charge in [-0.1, -0.05) is 80.5 Å². The molecule has 1 unspecified atom stereocenters. The standard InChI is InChI=1S/C25H36O2/c1-23(2,3)18-14-19(24(4,5)6)16-21(15-18)27-20-12-10-17(11-13-20)22(26)25(7,8)9/h10-16,22,26H,1-9H3. The van der Waals surface area contributed by atoms with Gasteiger partial charge in [0.2, 0.25) is 0 Å². The molecule has 27 heavy (non-hydrogen) atoms. The molecule has 2 rings (SSSR count). The minimum absolute atomic E-state index is 0.0556. The molecule has 2 aromatic rings. The topological polar surface area (TPSA) is 29.5 Å². The molecule has 0 spiro atoms. The molecule has 1 atom stereocenters. The predicted molar refractivity (Wildman–Crippen MR) is 115 cm³/mol. The van der Waals surface area contributed by atoms with Crippen LogP contribution >= 0.6 is 0 Å². The predicted octanol–water partition coefficient (Wildman–Crippen LogP) is 7.15. The van der Waals surface area contributed by atoms with Gasteiger partial charge in [0.1, 0.15) is 11.5 Å². The Hall–Kier alpha value is -1.80. The van der Waals surface area contributed by atoms with Crippen LogP contribution in [-0.4, -0.2) is 5.11 Å². The van der Waals surface area contributed by atoms with Crippen molar-refractivity contribution in [2.75, 3.05) is 0 Å². The maximum absolute atomic E-state index is 10.4. The van der Waals surface area contributed by atoms with Crippen LogP contribution in [0.1, 0.15) is 85.1 Å². The summed E-state index contributed by atoms with van der Waals surface area (Å²) in [4.78, 5) is 0. The minimum atomic E-state index is -0.497. The van der Waals surface area contributed by atoms with Crippen LogP contribution < -0.4 is 4.74 Å². The van der Waals surface area contributed by atoms with Crippen molar-refractivity contribution in [1.82, 2.24) is 0 Å². The monoisotopic (exact) mass is 368 g/mol. The Morgan fingerprint density at radius 2 is 1.11 bits per heavy atom. The normalized spacial score (nSPS) is 14.1. The van der Waals surface area contributed by atoms with Crippen molar-refractivity contribution in [3.05, 3.63) is 59.2 Å². The Morgan fingerprint density at radius 1 is 0.667 bits per heavy atom. The summed E-state index contributed by atoms with van der Waals surface area (Å²) in [6, 6.07) is 14.3. The van der Waals surface area contributed by atoms with Gasteiger partial charge in [-0.15, -0.1) is 0 Å². The van der Waals surface area contributed by atoms with E-state index in [1.54, 1.807) is 0 Å². The molecule has 2 heteroatoms. The second-order valence-electron chi connectivity index (χ2n) is 10.7. The molecule has 2 nitrogen and oxygen atoms in total. The number of aliphatic hydroxyl groups excluding tert-OH is 1. The van der Waals surface area contributed by atoms with E-state index in [1.807, 2.05) is 45.0 Å². The third-order valence-corrected chi connectivity index (χ3v) is 4.89. The number of benzene rings is 2. The number of ether oxygens (including phenoxy) is 1. The van der Waals surface area contributed by atoms with Crippen molar-refractivity contribution >= 4 is 0 Å². The average Bonchev–Trinajstić information content (AvgIpc) is 2.52. The molecule has 0 aliphatic heterocycles. The molecule has 0 saturated carbocycles. The molecule has 0 bridgehead atoms. The van der Waals surface area contributed by atoms with Crippen molar-refractivity contribution < 1.29 is 9.84 Å². The minimum Gasteiger partial charge on any atom is -0.457 e. The third-order valence-electron chi connectivity index (χ3n) is 4.89. The van der Waals surface area contributed by atoms with Crippen molar-refractivity contribution in [1.29, 1.82) is 0 Å². The first-order chi connectivity index (χ1) is 12.2. The molecule has 1 N–H and O–H groups in total. The number of hydrogen-bond donors (Lipinski definition) is 1. The van der Waals surface area contributed by atoms with Crippen LogP contribution in [-0.2, 0) is 10.8 Å². The molecule has 0 radical (unpaired) electrons. The zero-order valence-corrected chi connectivity index (χ0v) is 18.5. The maximum Gasteiger partial charge on any atom is 0.128 e. The first-order valence-electron chi connectivity index (χ1n) is 9.80. The third kappa shape index (κ3) is 5.59. The maximum atomic E-state index is 10.4. The van der Waals surface area contributed by atoms with Crippen LogP contribution in [0.25, 0.3) is 0 Å². The van der Waals surface area contributed by atoms with E-state index in [0.29, 0.717) is 0 Å². The Bertz CT molecular complexity index is 734. The van der Waals surface area contributed by atoms with Gasteiger partial charge in [0.15, 0.2) is 0 Å². The SMILES string of the molecule is CC(C)(C)c1cc(Oc2ccc(C(O)C(C)(C)C)cc2)cc(C(C)(C)C)c1. The largest absolute Gasteiger partial charge is 0.457 e. The van der Waals surface area contributed by atoms with Crippen molar-refractivity contribution in [2.24, 2.45) is 5.41 Å². The van der Waals surface area contributed by atoms with Crippen LogP contribution in [0.4, 0.5) is 0 Å². The quantitative estimate of drug-likeness (QED) is 0.623. The number of hydrogen-bond acceptors (Lipinski definition) is 2. The van der Waals surface area contributed by atoms with Gasteiger partial charge in [0.05, 0.1) is 6.10 Å². The lowest BCUT2D eigenvalue weighted by Gasteiger charge is -2.27. The smallest absolute Gasteiger partial charge is 0.128 e. The first kappa shape index (κ1) is 21.5. The molecule has 0 saturated heterocycles. The highest BCUT2D eigenvalue weighted by Gasteiger charge is 2.24. The molecular formula is C25H36O2. The highest BCUT2D eigenvalue weighted by Crippen LogP contribution is 2.36. The summed E-state index contributed by atoms with van der Waals surface area (Å²) in [7, 11) is 0. The van der Waals surface area contributed by atoms with E-state index in [1.165, 1.54) is 11.1 Å². The van der Waals surface area contributed by atoms with Crippen LogP contribution in [0.2, 0.25) is 0 Å². The molecule has 0 fully saturated rings. The van der Waals surface area contributed by atoms with E-state index in [9.17, 15) is 5.11 Å². The van der Waals surface area contributed by atoms with Gasteiger partial charge >= 0.3 is 0 Å². The fraction of sp³-hybridized carbons (Fsp3) is 0.520. The fourth-order valence-electron chi connectivity index (χ4n) is 2.88. The van der Waals surface area contributed by atoms with Gasteiger partial charge < -0.3 is 9.84 Å². The van der Waals surface area contributed by atoms with Gasteiger partial charge in [-0.3, -0.25) is 0 Å². The Kier molecular flexibility index (Phi) is 5.82. The number of rotatable bonds is 3. The summed E-state index contributed by atoms with van der Waals surface area (Å²) in [5.74, 6) is 1.64. The lowest BCUT2D eigenvalue weighted by Crippen LogP contribution is -2.17. The summed E-state index contributed by atoms with van der Waals surface area (Å²) in [5.41, 5.74) is 3.37. The van der Waals surface area contributed by atoms with Crippen LogP contribution in [0.5, 0.6) is 11.5 Å². The first-order valence-corrected chi connectivity index (χ1v) is 9.80. The van der Waals surface area contributed by atoms with Gasteiger partial charge in [0, 0.05) is 0 Å². The average molecular weight is 369 g/mol. The van der Waals surface area contributed by atoms with Gasteiger partial charge in [-0.05, 0) is 57.2 Å². The van der Waals surface area contributed by atoms with Crippen LogP contribution in [0.3, 0.4) is 0 Å². The van der Waals surface area contributed by atoms with Crippen molar-refractivity contribution in [3.8, 4) is 11.5 Å². The summed E-state index contributed by atoms with van der Waals surface area (Å²) >= 11 is 0. The number of aliphatic hydroxyl groups is 1. The van der Waals surface area contributed by atoms with E-state index in [4.69, 9.17) is 4.74 Å². The zero-order valence-electron chi connectivity index (χ0n) is 18.5. The Morgan fingerprint density at radius 3 is 1.48 bits per heavy atom. The molecule has 0 aliphatic carbocycles. The zero-order chi connectivity index (χ0) is 20.6. The van der Waals surface area contributed by atoms with Crippen LogP contribution in [0.15, 0.2) is 42.5 Å². The second-order valence-corrected chi connectivity index (χ2v) is 10.7. The molecular weight excluding hydrogens is 332 g/mol. The lowest BCUT2D eigenvalue weighted by atomic mass is 9.80. The molecule has 0 amide bonds. The van der Waals surface area contributed by atoms with Crippen molar-refractivity contribution in [2.45, 2.75) is 79.2 Å². The molecule has 2 aromatic carbocycles. The summed E-state index contributed by atoms with van der Waals surface area (Å²) in [5, 5.41) is 10.4. The molecule has 0 aromatic heterocycles. The Labute approximate surface area is 165 Å². The molecule has 0 aliphatic rings. The van der Waals surface area contributed by atoms with E-state index in [2.05, 4.69) is 59.7 Å². The lowest BCUT2D eigenvalue weighted by molar-refractivity contribution is 0.0626. The van der Waals surface area contributed by atoms with Gasteiger partial charge in [0.25, 0.3) is 0 Å². The second kappa shape index (κ2) is 7.31. The van der Waals surface area contributed by atoms with Gasteiger partial charge in [-0.25, -0.2) is 0 Å². The van der Waals surface area contributed by atoms with E-state index in [-0.39, 0.29) is 16.2 Å². The van der Waals surface area contributed by atoms with E-state index >= 15 is 0 Å². The molecule has 148 valence electrons. The summed E-state index contributed by atoms with van der Waals surface area (Å²) in [6.07, 6.45) is -0.497. The highest BCUT2D eigenvalue weighted by atomic mass is 16.5. The summed E-state index contributed by atoms with van der Waals surface area (Å²) < 4.78 is 6.19. The summed E-state index contributed by atoms with van der Waals surface area (Å²) in [6.45, 7) is 19.4. The Balaban J connectivity index is 2.34. The van der Waals surface area contributed by atoms with Crippen molar-refractivity contribution in [3.63, 3.8) is 0 Å². The highest BCUT2D eigenvalue weighted by molar-refractivity contribution is 5.43. The fourth-order valence-corrected chi connectivity index (χ4v) is 2.88. The van der Waals surface area contributed by atoms with E-state index in [0.717, 1.165) is 17.1 Å². The molecule has 0 heterocycles. The van der Waals surface area contributed by atoms with Crippen LogP contribution in [0, 0.1) is 5.41 Å². The van der Waals surface area contributed by atoms with E-state index < -0.39 is 6.10 Å². The van der Waals surface area contributed by atoms with Gasteiger partial charge in [-0.2, -0.15) is 0 Å².